The van der Waals surface area contributed by atoms with Gasteiger partial charge < -0.3 is 5.11 Å². The van der Waals surface area contributed by atoms with Gasteiger partial charge in [0.15, 0.2) is 0 Å². The Morgan fingerprint density at radius 2 is 1.95 bits per heavy atom. The van der Waals surface area contributed by atoms with Crippen LogP contribution in [0.1, 0.15) is 58.3 Å². The molecule has 0 unspecified atom stereocenters. The summed E-state index contributed by atoms with van der Waals surface area (Å²) in [5.41, 5.74) is 0. The molecule has 2 atom stereocenters. The third kappa shape index (κ3) is 8.52. The molecule has 2 nitrogen and oxygen atoms in total. The summed E-state index contributed by atoms with van der Waals surface area (Å²) in [6, 6.07) is 0. The normalized spacial score (nSPS) is 21.7. The Morgan fingerprint density at radius 3 is 2.73 bits per heavy atom. The van der Waals surface area contributed by atoms with Crippen molar-refractivity contribution in [3.05, 3.63) is 36.5 Å². The minimum atomic E-state index is -0.908. The molecule has 0 aromatic heterocycles. The van der Waals surface area contributed by atoms with Gasteiger partial charge in [-0.3, -0.25) is 0 Å². The van der Waals surface area contributed by atoms with Gasteiger partial charge in [-0.1, -0.05) is 49.6 Å². The van der Waals surface area contributed by atoms with Crippen molar-refractivity contribution in [2.24, 2.45) is 11.8 Å². The second-order valence-electron chi connectivity index (χ2n) is 5.85. The van der Waals surface area contributed by atoms with E-state index < -0.39 is 5.97 Å². The molecule has 1 fully saturated rings. The molecule has 1 aliphatic rings. The average Bonchev–Trinajstić information content (AvgIpc) is 2.93. The fourth-order valence-electron chi connectivity index (χ4n) is 3.07. The summed E-state index contributed by atoms with van der Waals surface area (Å²) in [7, 11) is 0. The number of carbonyl (C=O) groups is 1. The van der Waals surface area contributed by atoms with E-state index in [0.29, 0.717) is 5.92 Å². The van der Waals surface area contributed by atoms with Gasteiger partial charge in [-0.25, -0.2) is 4.79 Å². The molecule has 0 aromatic carbocycles. The van der Waals surface area contributed by atoms with E-state index in [2.05, 4.69) is 24.0 Å². The monoisotopic (exact) mass is 300 g/mol. The van der Waals surface area contributed by atoms with E-state index in [9.17, 15) is 4.79 Å². The summed E-state index contributed by atoms with van der Waals surface area (Å²) in [5, 5.41) is 8.48. The number of allylic oxidation sites excluding steroid dienone is 5. The number of unbranched alkanes of at least 4 members (excludes halogenated alkanes) is 3. The van der Waals surface area contributed by atoms with Gasteiger partial charge in [-0.15, -0.1) is 11.8 Å². The highest BCUT2D eigenvalue weighted by atomic mass is 16.4. The van der Waals surface area contributed by atoms with Crippen LogP contribution >= 0.6 is 0 Å². The summed E-state index contributed by atoms with van der Waals surface area (Å²) in [6.45, 7) is 1.90. The number of rotatable bonds is 9. The largest absolute Gasteiger partial charge is 0.478 e. The predicted molar refractivity (Wildman–Crippen MR) is 92.4 cm³/mol. The summed E-state index contributed by atoms with van der Waals surface area (Å²) < 4.78 is 0. The maximum atomic E-state index is 10.3. The Kier molecular flexibility index (Phi) is 9.87. The van der Waals surface area contributed by atoms with Crippen LogP contribution in [-0.2, 0) is 4.79 Å². The Balaban J connectivity index is 2.24. The van der Waals surface area contributed by atoms with Gasteiger partial charge in [0, 0.05) is 12.5 Å². The molecule has 0 aromatic rings. The highest BCUT2D eigenvalue weighted by molar-refractivity contribution is 5.80. The summed E-state index contributed by atoms with van der Waals surface area (Å²) in [6.07, 6.45) is 20.9. The van der Waals surface area contributed by atoms with E-state index in [4.69, 9.17) is 5.11 Å². The zero-order valence-electron chi connectivity index (χ0n) is 13.6. The van der Waals surface area contributed by atoms with Crippen LogP contribution in [0.3, 0.4) is 0 Å². The number of carboxylic acid groups (broad SMARTS) is 1. The first-order valence-corrected chi connectivity index (χ1v) is 8.38. The average molecular weight is 300 g/mol. The highest BCUT2D eigenvalue weighted by Gasteiger charge is 2.24. The first-order chi connectivity index (χ1) is 10.7. The molecule has 2 heteroatoms. The van der Waals surface area contributed by atoms with Crippen LogP contribution in [0.25, 0.3) is 0 Å². The van der Waals surface area contributed by atoms with Crippen molar-refractivity contribution in [1.29, 1.82) is 0 Å². The third-order valence-corrected chi connectivity index (χ3v) is 4.20. The molecule has 0 heterocycles. The van der Waals surface area contributed by atoms with Crippen LogP contribution < -0.4 is 0 Å². The zero-order valence-corrected chi connectivity index (χ0v) is 13.6. The summed E-state index contributed by atoms with van der Waals surface area (Å²) in [5.74, 6) is 6.69. The molecule has 0 amide bonds. The second-order valence-corrected chi connectivity index (χ2v) is 5.85. The van der Waals surface area contributed by atoms with Crippen molar-refractivity contribution >= 4 is 5.97 Å². The number of hydrogen-bond donors (Lipinski definition) is 1. The molecular weight excluding hydrogens is 272 g/mol. The fourth-order valence-corrected chi connectivity index (χ4v) is 3.07. The molecule has 1 saturated carbocycles. The molecule has 0 saturated heterocycles. The topological polar surface area (TPSA) is 37.3 Å². The van der Waals surface area contributed by atoms with Gasteiger partial charge in [0.25, 0.3) is 0 Å². The lowest BCUT2D eigenvalue weighted by Crippen LogP contribution is -2.04. The smallest absolute Gasteiger partial charge is 0.328 e. The van der Waals surface area contributed by atoms with Crippen molar-refractivity contribution in [2.75, 3.05) is 0 Å². The van der Waals surface area contributed by atoms with Gasteiger partial charge in [0.1, 0.15) is 0 Å². The molecule has 0 aliphatic heterocycles. The quantitative estimate of drug-likeness (QED) is 0.277. The lowest BCUT2D eigenvalue weighted by molar-refractivity contribution is -0.131. The number of hydrogen-bond acceptors (Lipinski definition) is 1. The van der Waals surface area contributed by atoms with Crippen LogP contribution in [0.15, 0.2) is 36.5 Å². The standard InChI is InChI=1S/C20H28O2/c1-2-3-4-5-6-9-13-18-15-12-16-19(18)14-10-7-8-11-17-20(21)22/h7-8,10-11,14,17-19H,4-6,9,12-13,15-16H2,1H3,(H,21,22)/t18-,19-/m0/s1. The SMILES string of the molecule is CC#CCCCCC[C@H]1CCC[C@@H]1C=CC=CC=CC(=O)O. The number of carboxylic acids is 1. The maximum absolute atomic E-state index is 10.3. The summed E-state index contributed by atoms with van der Waals surface area (Å²) in [4.78, 5) is 10.3. The van der Waals surface area contributed by atoms with E-state index in [1.165, 1.54) is 44.9 Å². The van der Waals surface area contributed by atoms with Crippen LogP contribution in [0, 0.1) is 23.7 Å². The van der Waals surface area contributed by atoms with Crippen molar-refractivity contribution in [1.82, 2.24) is 0 Å². The van der Waals surface area contributed by atoms with E-state index in [0.717, 1.165) is 18.4 Å². The molecule has 0 radical (unpaired) electrons. The molecule has 0 bridgehead atoms. The lowest BCUT2D eigenvalue weighted by atomic mass is 9.90. The van der Waals surface area contributed by atoms with Gasteiger partial charge in [0.2, 0.25) is 0 Å². The minimum Gasteiger partial charge on any atom is -0.478 e. The number of aliphatic carboxylic acids is 1. The van der Waals surface area contributed by atoms with Crippen LogP contribution in [0.2, 0.25) is 0 Å². The van der Waals surface area contributed by atoms with Crippen LogP contribution in [0.5, 0.6) is 0 Å². The van der Waals surface area contributed by atoms with Gasteiger partial charge >= 0.3 is 5.97 Å². The van der Waals surface area contributed by atoms with Crippen molar-refractivity contribution in [3.8, 4) is 11.8 Å². The van der Waals surface area contributed by atoms with Gasteiger partial charge in [0.05, 0.1) is 0 Å². The maximum Gasteiger partial charge on any atom is 0.328 e. The van der Waals surface area contributed by atoms with E-state index >= 15 is 0 Å². The molecule has 1 aliphatic carbocycles. The summed E-state index contributed by atoms with van der Waals surface area (Å²) >= 11 is 0. The predicted octanol–water partition coefficient (Wildman–Crippen LogP) is 5.13. The van der Waals surface area contributed by atoms with E-state index in [-0.39, 0.29) is 0 Å². The van der Waals surface area contributed by atoms with Gasteiger partial charge in [-0.2, -0.15) is 0 Å². The van der Waals surface area contributed by atoms with Crippen LogP contribution in [-0.4, -0.2) is 11.1 Å². The zero-order chi connectivity index (χ0) is 16.0. The molecule has 120 valence electrons. The highest BCUT2D eigenvalue weighted by Crippen LogP contribution is 2.36. The molecular formula is C20H28O2. The fraction of sp³-hybridized carbons (Fsp3) is 0.550. The van der Waals surface area contributed by atoms with Crippen molar-refractivity contribution < 1.29 is 9.90 Å². The molecule has 0 spiro atoms. The Morgan fingerprint density at radius 1 is 1.14 bits per heavy atom. The second kappa shape index (κ2) is 11.9. The van der Waals surface area contributed by atoms with E-state index in [1.54, 1.807) is 12.2 Å². The molecule has 1 N–H and O–H groups in total. The third-order valence-electron chi connectivity index (χ3n) is 4.20. The van der Waals surface area contributed by atoms with Crippen LogP contribution in [0.4, 0.5) is 0 Å². The first kappa shape index (κ1) is 18.3. The van der Waals surface area contributed by atoms with Crippen molar-refractivity contribution in [3.63, 3.8) is 0 Å². The molecule has 22 heavy (non-hydrogen) atoms. The van der Waals surface area contributed by atoms with Crippen molar-refractivity contribution in [2.45, 2.75) is 58.3 Å². The van der Waals surface area contributed by atoms with E-state index in [1.807, 2.05) is 13.0 Å². The Labute approximate surface area is 135 Å². The Bertz CT molecular complexity index is 460. The first-order valence-electron chi connectivity index (χ1n) is 8.38. The lowest BCUT2D eigenvalue weighted by Gasteiger charge is -2.15. The minimum absolute atomic E-state index is 0.698. The Hall–Kier alpha value is -1.75. The molecule has 1 rings (SSSR count). The van der Waals surface area contributed by atoms with Gasteiger partial charge in [-0.05, 0) is 44.4 Å².